The number of nitrogens with two attached hydrogens (primary N) is 1. The molecule has 620 valence electrons. The fourth-order valence-electron chi connectivity index (χ4n) is 16.3. The molecule has 31 heteroatoms. The third-order valence-electron chi connectivity index (χ3n) is 24.3. The number of rotatable bonds is 14. The van der Waals surface area contributed by atoms with E-state index in [-0.39, 0.29) is 94.3 Å². The Labute approximate surface area is 669 Å². The maximum absolute atomic E-state index is 14.8. The Morgan fingerprint density at radius 3 is 1.41 bits per heavy atom. The molecule has 0 unspecified atom stereocenters. The van der Waals surface area contributed by atoms with E-state index in [4.69, 9.17) is 54.1 Å². The minimum atomic E-state index is -3.86. The monoisotopic (exact) mass is 1630 g/mol. The molecule has 6 aliphatic carbocycles. The molecular weight excluding hydrogens is 1510 g/mol. The van der Waals surface area contributed by atoms with E-state index >= 15 is 0 Å². The second kappa shape index (κ2) is 34.4. The number of hydrogen-bond acceptors (Lipinski definition) is 23. The van der Waals surface area contributed by atoms with Crippen LogP contribution >= 0.6 is 12.4 Å². The zero-order valence-electron chi connectivity index (χ0n) is 65.8. The van der Waals surface area contributed by atoms with E-state index in [0.717, 1.165) is 75.4 Å². The molecule has 5 N–H and O–H groups in total. The van der Waals surface area contributed by atoms with Crippen LogP contribution in [-0.2, 0) is 80.7 Å². The van der Waals surface area contributed by atoms with Gasteiger partial charge in [0.1, 0.15) is 58.9 Å². The molecule has 4 aromatic rings. The Morgan fingerprint density at radius 1 is 0.593 bits per heavy atom. The fraction of sp³-hybridized carbons (Fsp3) is 0.659. The summed E-state index contributed by atoms with van der Waals surface area (Å²) in [5, 5.41) is 9.20. The van der Waals surface area contributed by atoms with Crippen molar-refractivity contribution in [2.24, 2.45) is 69.3 Å². The van der Waals surface area contributed by atoms with Gasteiger partial charge in [0, 0.05) is 36.3 Å². The molecular formula is C82H114ClN9O19S2. The van der Waals surface area contributed by atoms with Crippen molar-refractivity contribution >= 4 is 102 Å². The number of carboxylic acids is 1. The first kappa shape index (κ1) is 87.3. The number of carboxylic acid groups (broad SMARTS) is 1. The molecule has 16 atom stereocenters. The van der Waals surface area contributed by atoms with E-state index in [1.54, 1.807) is 45.4 Å². The van der Waals surface area contributed by atoms with E-state index in [2.05, 4.69) is 17.9 Å². The van der Waals surface area contributed by atoms with Crippen LogP contribution in [0.25, 0.3) is 22.1 Å². The summed E-state index contributed by atoms with van der Waals surface area (Å²) in [6.07, 6.45) is 14.6. The summed E-state index contributed by atoms with van der Waals surface area (Å²) in [6.45, 7) is 22.5. The van der Waals surface area contributed by atoms with Crippen molar-refractivity contribution in [1.29, 1.82) is 0 Å². The molecule has 6 saturated carbocycles. The SMILES string of the molecule is C.C=C[C@@H]1C[C@]1(CC(=O)[C@@H]1[C@H](C)[C@@H]2CN1C(=O)[C@H](C(C)(C)C)CC(=O)O[C@@H]1C[C@H]1CCCCCc1nc3ccc(OC)cc3nc1O2)C(=O)NS(=O)(=O)C1CC1.C=C[C@@H]1C[C@]1(N)C(=O)NS(=O)(=O)C1CC1.COc1ccc2nc3c(nc2c1)O[C@H]1CN(C(=O)[C@H](C(C)(C)C)CC(=O)O[C@@H]2C[C@H]2CCCCC3)[C@H](C(=O)O)[C@@H]1C.Cl. The first-order chi connectivity index (χ1) is 52.4. The topological polar surface area (TPSA) is 389 Å². The Bertz CT molecular complexity index is 4550. The van der Waals surface area contributed by atoms with Crippen molar-refractivity contribution in [3.63, 3.8) is 0 Å². The Morgan fingerprint density at radius 2 is 1.02 bits per heavy atom. The molecule has 0 radical (unpaired) electrons. The molecule has 4 bridgehead atoms. The predicted octanol–water partition coefficient (Wildman–Crippen LogP) is 10.1. The Kier molecular flexibility index (Phi) is 26.6. The number of benzene rings is 2. The average Bonchev–Trinajstić information content (AvgIpc) is 1.60. The fourth-order valence-corrected chi connectivity index (χ4v) is 19.0. The van der Waals surface area contributed by atoms with Crippen LogP contribution in [0.1, 0.15) is 196 Å². The first-order valence-corrected chi connectivity index (χ1v) is 42.4. The highest BCUT2D eigenvalue weighted by Gasteiger charge is 2.63. The lowest BCUT2D eigenvalue weighted by Gasteiger charge is -2.35. The molecule has 113 heavy (non-hydrogen) atoms. The molecule has 4 amide bonds. The second-order valence-corrected chi connectivity index (χ2v) is 38.6. The second-order valence-electron chi connectivity index (χ2n) is 34.7. The lowest BCUT2D eigenvalue weighted by molar-refractivity contribution is -0.157. The van der Waals surface area contributed by atoms with Gasteiger partial charge in [-0.25, -0.2) is 41.6 Å². The molecule has 10 aliphatic rings. The van der Waals surface area contributed by atoms with Gasteiger partial charge in [-0.05, 0) is 143 Å². The van der Waals surface area contributed by atoms with Gasteiger partial charge in [0.05, 0.1) is 96.0 Å². The van der Waals surface area contributed by atoms with E-state index in [0.29, 0.717) is 102 Å². The number of carbonyl (C=O) groups excluding carboxylic acids is 7. The zero-order valence-corrected chi connectivity index (χ0v) is 68.3. The number of halogens is 1. The molecule has 28 nitrogen and oxygen atoms in total. The summed E-state index contributed by atoms with van der Waals surface area (Å²) in [6, 6.07) is 8.86. The van der Waals surface area contributed by atoms with Crippen LogP contribution in [0.15, 0.2) is 61.7 Å². The highest BCUT2D eigenvalue weighted by atomic mass is 35.5. The number of carbonyl (C=O) groups is 8. The number of Topliss-reactive ketones (excluding diaryl/α,β-unsaturated/α-hetero) is 1. The summed E-state index contributed by atoms with van der Waals surface area (Å²) in [5.74, 6) is -4.92. The number of esters is 2. The van der Waals surface area contributed by atoms with Crippen LogP contribution in [0.4, 0.5) is 0 Å². The Balaban J connectivity index is 0.000000204. The number of sulfonamides is 2. The number of amides is 4. The highest BCUT2D eigenvalue weighted by Crippen LogP contribution is 2.57. The predicted molar refractivity (Wildman–Crippen MR) is 423 cm³/mol. The third-order valence-corrected chi connectivity index (χ3v) is 27.9. The van der Waals surface area contributed by atoms with Gasteiger partial charge in [-0.2, -0.15) is 0 Å². The number of methoxy groups -OCH3 is 2. The third kappa shape index (κ3) is 19.9. The van der Waals surface area contributed by atoms with Gasteiger partial charge in [0.25, 0.3) is 5.91 Å². The Hall–Kier alpha value is -8.09. The minimum Gasteiger partial charge on any atom is -0.497 e. The van der Waals surface area contributed by atoms with Gasteiger partial charge >= 0.3 is 17.9 Å². The van der Waals surface area contributed by atoms with Crippen LogP contribution in [-0.4, -0.2) is 179 Å². The highest BCUT2D eigenvalue weighted by molar-refractivity contribution is 7.91. The van der Waals surface area contributed by atoms with Crippen molar-refractivity contribution in [3.8, 4) is 23.3 Å². The summed E-state index contributed by atoms with van der Waals surface area (Å²) in [4.78, 5) is 130. The number of aryl methyl sites for hydroxylation is 2. The number of aliphatic carboxylic acids is 1. The van der Waals surface area contributed by atoms with Crippen molar-refractivity contribution in [3.05, 3.63) is 73.1 Å². The van der Waals surface area contributed by atoms with Crippen molar-refractivity contribution in [2.75, 3.05) is 27.3 Å². The standard InChI is InChI=1S/C41H54N4O9S.C31H41N3O7.C9H14N2O3S.CH4.ClH/c1-7-25-20-41(25,39(49)44-55(50,51)27-14-15-27)21-32(46)36-23(2)34-22-45(36)38(48)28(40(3,4)5)19-35(47)53-33-17-24(33)11-9-8-10-12-30-37(54-34)43-31-18-26(52-6)13-16-29(31)42-30;1-17-25-16-34(27(17)30(37)38)29(36)20(31(2,3)4)15-26(35)40-24-13-18(24)9-7-6-8-10-22-28(41-25)33-23-14-19(39-5)11-12-21(23)32-22;1-2-6-5-9(6,10)8(12)11-15(13,14)7-3-4-7;;/h7,13,16,18,23-25,27-28,33-34,36H,1,8-12,14-15,17,19-22H2,2-6H3,(H,44,49);11-12,14,17-18,20,24-25,27H,6-10,13,15-16H2,1-5H3,(H,37,38);2,6-7H,1,3-5,10H2,(H,11,12);1H4;1H/t23-,24-,25-,28-,33-,34+,36+,41-;17-,18-,20-,24-,25+,27+;6-,9-;;/m111../s1. The maximum Gasteiger partial charge on any atom is 0.326 e. The van der Waals surface area contributed by atoms with Crippen LogP contribution < -0.4 is 34.1 Å². The molecule has 2 saturated heterocycles. The van der Waals surface area contributed by atoms with E-state index in [1.807, 2.05) is 77.5 Å². The number of nitrogens with one attached hydrogen (secondary N) is 2. The number of hydrogen-bond donors (Lipinski definition) is 4. The molecule has 14 rings (SSSR count). The normalized spacial score (nSPS) is 30.6. The van der Waals surface area contributed by atoms with Crippen LogP contribution in [0, 0.1) is 63.6 Å². The van der Waals surface area contributed by atoms with Gasteiger partial charge in [0.2, 0.25) is 49.5 Å². The van der Waals surface area contributed by atoms with Crippen molar-refractivity contribution < 1.29 is 88.7 Å². The van der Waals surface area contributed by atoms with Crippen molar-refractivity contribution in [1.82, 2.24) is 39.2 Å². The van der Waals surface area contributed by atoms with Crippen LogP contribution in [0.3, 0.4) is 0 Å². The van der Waals surface area contributed by atoms with Crippen molar-refractivity contribution in [2.45, 2.75) is 250 Å². The molecule has 2 aromatic carbocycles. The molecule has 8 fully saturated rings. The molecule has 0 spiro atoms. The number of ketones is 1. The molecule has 6 heterocycles. The van der Waals surface area contributed by atoms with E-state index in [1.165, 1.54) is 9.80 Å². The maximum atomic E-state index is 14.8. The largest absolute Gasteiger partial charge is 0.497 e. The number of fused-ring (bicyclic) bond motifs is 10. The van der Waals surface area contributed by atoms with Gasteiger partial charge in [0.15, 0.2) is 5.78 Å². The number of ether oxygens (including phenoxy) is 6. The lowest BCUT2D eigenvalue weighted by atomic mass is 9.77. The minimum absolute atomic E-state index is 0. The van der Waals surface area contributed by atoms with Gasteiger partial charge < -0.3 is 49.1 Å². The zero-order chi connectivity index (χ0) is 80.2. The summed E-state index contributed by atoms with van der Waals surface area (Å²) in [5.41, 5.74) is 6.14. The van der Waals surface area contributed by atoms with Crippen LogP contribution in [0.5, 0.6) is 23.3 Å². The number of nitrogens with zero attached hydrogens (tertiary/aromatic N) is 6. The van der Waals surface area contributed by atoms with E-state index < -0.39 is 136 Å². The van der Waals surface area contributed by atoms with E-state index in [9.17, 15) is 60.3 Å². The van der Waals surface area contributed by atoms with Gasteiger partial charge in [-0.1, -0.05) is 101 Å². The smallest absolute Gasteiger partial charge is 0.326 e. The summed E-state index contributed by atoms with van der Waals surface area (Å²) < 4.78 is 88.5. The quantitative estimate of drug-likeness (QED) is 0.0673. The van der Waals surface area contributed by atoms with Crippen LogP contribution in [0.2, 0.25) is 0 Å². The summed E-state index contributed by atoms with van der Waals surface area (Å²) >= 11 is 0. The first-order valence-electron chi connectivity index (χ1n) is 39.3. The average molecular weight is 1630 g/mol. The van der Waals surface area contributed by atoms with Gasteiger partial charge in [-0.15, -0.1) is 25.6 Å². The lowest BCUT2D eigenvalue weighted by Crippen LogP contribution is -2.49. The van der Waals surface area contributed by atoms with Gasteiger partial charge in [-0.3, -0.25) is 43.0 Å². The molecule has 4 aliphatic heterocycles. The molecule has 2 aromatic heterocycles. The number of aromatic nitrogens is 4. The summed E-state index contributed by atoms with van der Waals surface area (Å²) in [7, 11) is -4.17. The number of allylic oxidation sites excluding steroid dienone is 1.